The van der Waals surface area contributed by atoms with Crippen molar-refractivity contribution in [2.45, 2.75) is 11.8 Å². The Morgan fingerprint density at radius 2 is 1.58 bits per heavy atom. The van der Waals surface area contributed by atoms with Gasteiger partial charge in [0.05, 0.1) is 12.0 Å². The highest BCUT2D eigenvalue weighted by molar-refractivity contribution is 7.89. The lowest BCUT2D eigenvalue weighted by atomic mass is 10.1. The van der Waals surface area contributed by atoms with E-state index in [9.17, 15) is 13.2 Å². The Balaban J connectivity index is 2.01. The average molecular weight is 442 g/mol. The van der Waals surface area contributed by atoms with Gasteiger partial charge < -0.3 is 14.1 Å². The number of rotatable bonds is 7. The summed E-state index contributed by atoms with van der Waals surface area (Å²) in [6, 6.07) is 16.4. The van der Waals surface area contributed by atoms with Crippen LogP contribution in [-0.2, 0) is 10.0 Å². The molecule has 0 fully saturated rings. The number of carbonyl (C=O) groups is 1. The van der Waals surface area contributed by atoms with Gasteiger partial charge >= 0.3 is 0 Å². The number of nitrogens with zero attached hydrogens (tertiary/aromatic N) is 2. The van der Waals surface area contributed by atoms with E-state index in [2.05, 4.69) is 9.93 Å². The van der Waals surface area contributed by atoms with E-state index in [0.29, 0.717) is 11.3 Å². The standard InChI is InChI=1S/C22H23N3O5S/c1-15-5-11-18(12-6-15)31(27,28)24-23-21(16-7-9-17(29-4)10-8-16)19-13-14-20(30-19)22(26)25(2)3/h5-14,24H,1-4H3/b23-21-. The average Bonchev–Trinajstić information content (AvgIpc) is 3.23. The van der Waals surface area contributed by atoms with Gasteiger partial charge in [-0.1, -0.05) is 17.7 Å². The summed E-state index contributed by atoms with van der Waals surface area (Å²) in [7, 11) is 0.864. The monoisotopic (exact) mass is 441 g/mol. The molecular formula is C22H23N3O5S. The summed E-state index contributed by atoms with van der Waals surface area (Å²) in [6.45, 7) is 1.87. The number of hydrazone groups is 1. The molecule has 0 radical (unpaired) electrons. The third kappa shape index (κ3) is 5.13. The molecule has 3 aromatic rings. The van der Waals surface area contributed by atoms with Gasteiger partial charge in [-0.05, 0) is 55.5 Å². The molecule has 1 aromatic heterocycles. The van der Waals surface area contributed by atoms with Crippen molar-refractivity contribution >= 4 is 21.6 Å². The van der Waals surface area contributed by atoms with Crippen LogP contribution in [0.1, 0.15) is 27.4 Å². The molecule has 1 heterocycles. The van der Waals surface area contributed by atoms with Crippen molar-refractivity contribution in [1.29, 1.82) is 0 Å². The van der Waals surface area contributed by atoms with Crippen LogP contribution in [0.3, 0.4) is 0 Å². The molecule has 0 saturated carbocycles. The minimum absolute atomic E-state index is 0.0823. The summed E-state index contributed by atoms with van der Waals surface area (Å²) in [5.41, 5.74) is 1.73. The predicted molar refractivity (Wildman–Crippen MR) is 117 cm³/mol. The lowest BCUT2D eigenvalue weighted by molar-refractivity contribution is 0.0796. The number of sulfonamides is 1. The number of hydrogen-bond donors (Lipinski definition) is 1. The molecule has 31 heavy (non-hydrogen) atoms. The molecule has 2 aromatic carbocycles. The SMILES string of the molecule is COc1ccc(/C(=N/NS(=O)(=O)c2ccc(C)cc2)c2ccc(C(=O)N(C)C)o2)cc1. The fraction of sp³-hybridized carbons (Fsp3) is 0.182. The number of aryl methyl sites for hydroxylation is 1. The first-order chi connectivity index (χ1) is 14.7. The molecule has 0 unspecified atom stereocenters. The smallest absolute Gasteiger partial charge is 0.289 e. The molecule has 0 atom stereocenters. The topological polar surface area (TPSA) is 101 Å². The van der Waals surface area contributed by atoms with Gasteiger partial charge in [0.1, 0.15) is 11.5 Å². The molecule has 0 aliphatic carbocycles. The zero-order valence-corrected chi connectivity index (χ0v) is 18.4. The van der Waals surface area contributed by atoms with Gasteiger partial charge in [0.15, 0.2) is 11.5 Å². The maximum absolute atomic E-state index is 12.7. The highest BCUT2D eigenvalue weighted by Gasteiger charge is 2.19. The fourth-order valence-electron chi connectivity index (χ4n) is 2.69. The molecule has 3 rings (SSSR count). The van der Waals surface area contributed by atoms with E-state index in [1.807, 2.05) is 6.92 Å². The first kappa shape index (κ1) is 22.1. The predicted octanol–water partition coefficient (Wildman–Crippen LogP) is 3.03. The first-order valence-corrected chi connectivity index (χ1v) is 10.8. The third-order valence-corrected chi connectivity index (χ3v) is 5.65. The van der Waals surface area contributed by atoms with Crippen molar-refractivity contribution in [2.24, 2.45) is 5.10 Å². The zero-order valence-electron chi connectivity index (χ0n) is 17.6. The molecule has 1 N–H and O–H groups in total. The van der Waals surface area contributed by atoms with E-state index >= 15 is 0 Å². The molecule has 0 aliphatic rings. The summed E-state index contributed by atoms with van der Waals surface area (Å²) in [5, 5.41) is 4.13. The largest absolute Gasteiger partial charge is 0.497 e. The Morgan fingerprint density at radius 3 is 2.16 bits per heavy atom. The quantitative estimate of drug-likeness (QED) is 0.449. The second-order valence-electron chi connectivity index (χ2n) is 6.96. The Morgan fingerprint density at radius 1 is 0.968 bits per heavy atom. The van der Waals surface area contributed by atoms with Gasteiger partial charge in [0.2, 0.25) is 0 Å². The summed E-state index contributed by atoms with van der Waals surface area (Å²) in [5.74, 6) is 0.663. The van der Waals surface area contributed by atoms with Crippen molar-refractivity contribution in [2.75, 3.05) is 21.2 Å². The zero-order chi connectivity index (χ0) is 22.6. The summed E-state index contributed by atoms with van der Waals surface area (Å²) < 4.78 is 36.2. The van der Waals surface area contributed by atoms with Crippen LogP contribution in [0.2, 0.25) is 0 Å². The van der Waals surface area contributed by atoms with E-state index < -0.39 is 10.0 Å². The number of hydrogen-bond acceptors (Lipinski definition) is 6. The number of nitrogens with one attached hydrogen (secondary N) is 1. The van der Waals surface area contributed by atoms with Crippen molar-refractivity contribution in [1.82, 2.24) is 9.73 Å². The summed E-state index contributed by atoms with van der Waals surface area (Å²) >= 11 is 0. The summed E-state index contributed by atoms with van der Waals surface area (Å²) in [6.07, 6.45) is 0. The van der Waals surface area contributed by atoms with Crippen LogP contribution in [0.15, 0.2) is 75.1 Å². The van der Waals surface area contributed by atoms with Crippen LogP contribution in [0.4, 0.5) is 0 Å². The highest BCUT2D eigenvalue weighted by atomic mass is 32.2. The van der Waals surface area contributed by atoms with Crippen molar-refractivity contribution < 1.29 is 22.4 Å². The molecule has 8 nitrogen and oxygen atoms in total. The van der Waals surface area contributed by atoms with E-state index in [1.165, 1.54) is 23.1 Å². The number of ether oxygens (including phenoxy) is 1. The van der Waals surface area contributed by atoms with E-state index in [-0.39, 0.29) is 28.0 Å². The number of carbonyl (C=O) groups excluding carboxylic acids is 1. The van der Waals surface area contributed by atoms with Crippen molar-refractivity contribution in [3.05, 3.63) is 83.3 Å². The maximum atomic E-state index is 12.7. The number of furan rings is 1. The number of methoxy groups -OCH3 is 1. The fourth-order valence-corrected chi connectivity index (χ4v) is 3.50. The van der Waals surface area contributed by atoms with Gasteiger partial charge in [-0.15, -0.1) is 0 Å². The molecule has 0 bridgehead atoms. The third-order valence-electron chi connectivity index (χ3n) is 4.43. The Labute approximate surface area is 181 Å². The van der Waals surface area contributed by atoms with Gasteiger partial charge in [0.25, 0.3) is 15.9 Å². The molecule has 0 spiro atoms. The minimum atomic E-state index is -3.90. The summed E-state index contributed by atoms with van der Waals surface area (Å²) in [4.78, 5) is 15.9. The van der Waals surface area contributed by atoms with Gasteiger partial charge in [-0.2, -0.15) is 18.4 Å². The normalized spacial score (nSPS) is 11.8. The molecule has 162 valence electrons. The van der Waals surface area contributed by atoms with Crippen LogP contribution >= 0.6 is 0 Å². The number of benzene rings is 2. The van der Waals surface area contributed by atoms with Crippen LogP contribution in [0.5, 0.6) is 5.75 Å². The Hall–Kier alpha value is -3.59. The van der Waals surface area contributed by atoms with Crippen LogP contribution in [0.25, 0.3) is 0 Å². The van der Waals surface area contributed by atoms with Gasteiger partial charge in [-0.25, -0.2) is 0 Å². The van der Waals surface area contributed by atoms with Crippen molar-refractivity contribution in [3.63, 3.8) is 0 Å². The van der Waals surface area contributed by atoms with Crippen LogP contribution in [0, 0.1) is 6.92 Å². The molecule has 1 amide bonds. The second kappa shape index (κ2) is 9.05. The van der Waals surface area contributed by atoms with E-state index in [0.717, 1.165) is 5.56 Å². The molecule has 9 heteroatoms. The van der Waals surface area contributed by atoms with Gasteiger partial charge in [-0.3, -0.25) is 4.79 Å². The molecule has 0 saturated heterocycles. The van der Waals surface area contributed by atoms with Gasteiger partial charge in [0, 0.05) is 19.7 Å². The number of amides is 1. The second-order valence-corrected chi connectivity index (χ2v) is 8.62. The van der Waals surface area contributed by atoms with E-state index in [1.54, 1.807) is 63.7 Å². The van der Waals surface area contributed by atoms with Crippen molar-refractivity contribution in [3.8, 4) is 5.75 Å². The van der Waals surface area contributed by atoms with E-state index in [4.69, 9.17) is 9.15 Å². The Kier molecular flexibility index (Phi) is 6.45. The lowest BCUT2D eigenvalue weighted by Gasteiger charge is -2.09. The molecular weight excluding hydrogens is 418 g/mol. The molecule has 0 aliphatic heterocycles. The highest BCUT2D eigenvalue weighted by Crippen LogP contribution is 2.19. The van der Waals surface area contributed by atoms with Crippen LogP contribution < -0.4 is 9.57 Å². The Bertz CT molecular complexity index is 1190. The maximum Gasteiger partial charge on any atom is 0.289 e. The minimum Gasteiger partial charge on any atom is -0.497 e. The lowest BCUT2D eigenvalue weighted by Crippen LogP contribution is -2.21. The van der Waals surface area contributed by atoms with Crippen LogP contribution in [-0.4, -0.2) is 46.1 Å². The first-order valence-electron chi connectivity index (χ1n) is 9.33.